The summed E-state index contributed by atoms with van der Waals surface area (Å²) in [6.45, 7) is 2.62. The number of hydrogen-bond donors (Lipinski definition) is 1. The molecule has 0 radical (unpaired) electrons. The number of aromatic nitrogens is 5. The summed E-state index contributed by atoms with van der Waals surface area (Å²) in [5, 5.41) is 6.83. The first-order valence-corrected chi connectivity index (χ1v) is 10.3. The summed E-state index contributed by atoms with van der Waals surface area (Å²) in [5.41, 5.74) is -0.696. The molecule has 0 spiro atoms. The molecule has 12 heteroatoms. The monoisotopic (exact) mass is 468 g/mol. The molecule has 33 heavy (non-hydrogen) atoms. The number of alkyl halides is 5. The lowest BCUT2D eigenvalue weighted by atomic mass is 9.81. The van der Waals surface area contributed by atoms with E-state index in [9.17, 15) is 26.7 Å². The van der Waals surface area contributed by atoms with Gasteiger partial charge in [-0.05, 0) is 24.5 Å². The van der Waals surface area contributed by atoms with Crippen LogP contribution in [0.4, 0.5) is 27.8 Å². The molecule has 7 nitrogen and oxygen atoms in total. The Kier molecular flexibility index (Phi) is 5.93. The quantitative estimate of drug-likeness (QED) is 0.532. The van der Waals surface area contributed by atoms with Crippen molar-refractivity contribution in [3.63, 3.8) is 0 Å². The van der Waals surface area contributed by atoms with E-state index >= 15 is 0 Å². The molecule has 3 aromatic rings. The second-order valence-corrected chi connectivity index (χ2v) is 8.04. The second kappa shape index (κ2) is 8.56. The maximum absolute atomic E-state index is 13.4. The third-order valence-corrected chi connectivity index (χ3v) is 5.40. The van der Waals surface area contributed by atoms with Crippen molar-refractivity contribution in [3.05, 3.63) is 64.0 Å². The molecule has 1 fully saturated rings. The summed E-state index contributed by atoms with van der Waals surface area (Å²) in [4.78, 5) is 20.6. The molecule has 1 saturated carbocycles. The highest BCUT2D eigenvalue weighted by Gasteiger charge is 2.45. The van der Waals surface area contributed by atoms with Crippen LogP contribution in [0.2, 0.25) is 0 Å². The van der Waals surface area contributed by atoms with Gasteiger partial charge in [0.15, 0.2) is 5.69 Å². The van der Waals surface area contributed by atoms with Crippen LogP contribution in [0.25, 0.3) is 5.95 Å². The van der Waals surface area contributed by atoms with Gasteiger partial charge in [0, 0.05) is 56.4 Å². The van der Waals surface area contributed by atoms with Crippen molar-refractivity contribution in [2.24, 2.45) is 5.92 Å². The van der Waals surface area contributed by atoms with E-state index < -0.39 is 29.3 Å². The minimum atomic E-state index is -4.78. The van der Waals surface area contributed by atoms with Crippen LogP contribution in [-0.2, 0) is 19.1 Å². The molecule has 1 aliphatic rings. The predicted octanol–water partition coefficient (Wildman–Crippen LogP) is 3.91. The third kappa shape index (κ3) is 5.20. The van der Waals surface area contributed by atoms with Gasteiger partial charge in [0.05, 0.1) is 6.20 Å². The molecule has 176 valence electrons. The van der Waals surface area contributed by atoms with Crippen LogP contribution in [0.3, 0.4) is 0 Å². The summed E-state index contributed by atoms with van der Waals surface area (Å²) in [5.74, 6) is -3.75. The fourth-order valence-electron chi connectivity index (χ4n) is 3.68. The number of nitrogens with zero attached hydrogens (tertiary/aromatic N) is 5. The van der Waals surface area contributed by atoms with Crippen molar-refractivity contribution in [2.75, 3.05) is 11.9 Å². The Labute approximate surface area is 185 Å². The number of aryl methyl sites for hydroxylation is 1. The van der Waals surface area contributed by atoms with Crippen molar-refractivity contribution >= 4 is 5.82 Å². The Morgan fingerprint density at radius 1 is 1.24 bits per heavy atom. The molecular formula is C21H21F5N6O. The third-order valence-electron chi connectivity index (χ3n) is 5.40. The molecule has 0 aromatic carbocycles. The smallest absolute Gasteiger partial charge is 0.370 e. The highest BCUT2D eigenvalue weighted by Crippen LogP contribution is 2.42. The van der Waals surface area contributed by atoms with E-state index in [1.54, 1.807) is 23.1 Å². The van der Waals surface area contributed by atoms with Crippen molar-refractivity contribution in [3.8, 4) is 5.95 Å². The predicted molar refractivity (Wildman–Crippen MR) is 109 cm³/mol. The Balaban J connectivity index is 1.63. The van der Waals surface area contributed by atoms with Crippen molar-refractivity contribution < 1.29 is 22.0 Å². The van der Waals surface area contributed by atoms with Crippen LogP contribution in [-0.4, -0.2) is 36.8 Å². The molecule has 0 saturated heterocycles. The Morgan fingerprint density at radius 2 is 2.00 bits per heavy atom. The average Bonchev–Trinajstić information content (AvgIpc) is 3.19. The molecule has 3 aromatic heterocycles. The molecule has 1 aliphatic carbocycles. The minimum Gasteiger partial charge on any atom is -0.370 e. The van der Waals surface area contributed by atoms with E-state index in [0.29, 0.717) is 18.2 Å². The molecule has 4 rings (SSSR count). The van der Waals surface area contributed by atoms with Gasteiger partial charge in [0.1, 0.15) is 5.82 Å². The summed E-state index contributed by atoms with van der Waals surface area (Å²) in [6, 6.07) is 3.80. The number of anilines is 1. The van der Waals surface area contributed by atoms with Crippen molar-refractivity contribution in [1.29, 1.82) is 0 Å². The number of rotatable bonds is 7. The zero-order valence-corrected chi connectivity index (χ0v) is 17.6. The fraction of sp³-hybridized carbons (Fsp3) is 0.429. The molecule has 0 aliphatic heterocycles. The van der Waals surface area contributed by atoms with Crippen LogP contribution >= 0.6 is 0 Å². The van der Waals surface area contributed by atoms with E-state index in [4.69, 9.17) is 0 Å². The van der Waals surface area contributed by atoms with Gasteiger partial charge in [0.25, 0.3) is 5.56 Å². The standard InChI is InChI=1S/C21H21F5N6O/c1-2-31-12-13(11-28-31)6-15-4-3-5-32(18(15)33)19-29-16(21(24,25)26)7-17(30-19)27-10-14-8-20(22,23)9-14/h3-5,7,11-12,14H,2,6,8-10H2,1H3,(H,27,29,30). The van der Waals surface area contributed by atoms with Gasteiger partial charge in [-0.1, -0.05) is 6.07 Å². The average molecular weight is 468 g/mol. The van der Waals surface area contributed by atoms with E-state index in [0.717, 1.165) is 10.1 Å². The number of pyridine rings is 1. The van der Waals surface area contributed by atoms with Crippen LogP contribution in [0.1, 0.15) is 36.6 Å². The zero-order valence-electron chi connectivity index (χ0n) is 17.6. The van der Waals surface area contributed by atoms with Gasteiger partial charge in [-0.25, -0.2) is 13.8 Å². The van der Waals surface area contributed by atoms with Crippen LogP contribution in [0.15, 0.2) is 41.6 Å². The van der Waals surface area contributed by atoms with Gasteiger partial charge >= 0.3 is 6.18 Å². The normalized spacial score (nSPS) is 15.9. The summed E-state index contributed by atoms with van der Waals surface area (Å²) < 4.78 is 69.0. The van der Waals surface area contributed by atoms with Gasteiger partial charge in [-0.3, -0.25) is 14.0 Å². The Bertz CT molecular complexity index is 1190. The van der Waals surface area contributed by atoms with Gasteiger partial charge in [-0.2, -0.15) is 23.3 Å². The molecule has 0 amide bonds. The maximum atomic E-state index is 13.4. The first-order valence-electron chi connectivity index (χ1n) is 10.3. The number of hydrogen-bond acceptors (Lipinski definition) is 5. The van der Waals surface area contributed by atoms with E-state index in [1.165, 1.54) is 12.3 Å². The molecule has 3 heterocycles. The van der Waals surface area contributed by atoms with E-state index in [2.05, 4.69) is 20.4 Å². The lowest BCUT2D eigenvalue weighted by Gasteiger charge is -2.35. The molecule has 1 N–H and O–H groups in total. The van der Waals surface area contributed by atoms with E-state index in [1.807, 2.05) is 6.92 Å². The highest BCUT2D eigenvalue weighted by atomic mass is 19.4. The molecular weight excluding hydrogens is 447 g/mol. The van der Waals surface area contributed by atoms with E-state index in [-0.39, 0.29) is 37.5 Å². The topological polar surface area (TPSA) is 77.6 Å². The Hall–Kier alpha value is -3.31. The first-order chi connectivity index (χ1) is 15.5. The fourth-order valence-corrected chi connectivity index (χ4v) is 3.68. The molecule has 0 unspecified atom stereocenters. The number of halogens is 5. The summed E-state index contributed by atoms with van der Waals surface area (Å²) in [6.07, 6.45) is -0.531. The molecule has 0 bridgehead atoms. The molecule has 0 atom stereocenters. The largest absolute Gasteiger partial charge is 0.433 e. The number of nitrogens with one attached hydrogen (secondary N) is 1. The lowest BCUT2D eigenvalue weighted by molar-refractivity contribution is -0.141. The SMILES string of the molecule is CCn1cc(Cc2cccn(-c3nc(NCC4CC(F)(F)C4)cc(C(F)(F)F)n3)c2=O)cn1. The second-order valence-electron chi connectivity index (χ2n) is 8.04. The highest BCUT2D eigenvalue weighted by molar-refractivity contribution is 5.40. The van der Waals surface area contributed by atoms with Gasteiger partial charge in [-0.15, -0.1) is 0 Å². The van der Waals surface area contributed by atoms with Crippen molar-refractivity contribution in [1.82, 2.24) is 24.3 Å². The zero-order chi connectivity index (χ0) is 23.8. The lowest BCUT2D eigenvalue weighted by Crippen LogP contribution is -2.39. The summed E-state index contributed by atoms with van der Waals surface area (Å²) >= 11 is 0. The van der Waals surface area contributed by atoms with Crippen molar-refractivity contribution in [2.45, 2.75) is 44.8 Å². The van der Waals surface area contributed by atoms with Gasteiger partial charge < -0.3 is 5.32 Å². The maximum Gasteiger partial charge on any atom is 0.433 e. The summed E-state index contributed by atoms with van der Waals surface area (Å²) in [7, 11) is 0. The van der Waals surface area contributed by atoms with Gasteiger partial charge in [0.2, 0.25) is 11.9 Å². The first kappa shape index (κ1) is 22.9. The van der Waals surface area contributed by atoms with Crippen LogP contribution < -0.4 is 10.9 Å². The Morgan fingerprint density at radius 3 is 2.64 bits per heavy atom. The van der Waals surface area contributed by atoms with Crippen LogP contribution in [0.5, 0.6) is 0 Å². The minimum absolute atomic E-state index is 0.0414. The van der Waals surface area contributed by atoms with Crippen LogP contribution in [0, 0.1) is 5.92 Å².